The minimum atomic E-state index is -0.340. The topological polar surface area (TPSA) is 79.5 Å². The maximum Gasteiger partial charge on any atom is 0.239 e. The van der Waals surface area contributed by atoms with Gasteiger partial charge in [0.15, 0.2) is 0 Å². The number of hydrogen-bond acceptors (Lipinski definition) is 4. The summed E-state index contributed by atoms with van der Waals surface area (Å²) in [5, 5.41) is 8.15. The van der Waals surface area contributed by atoms with Gasteiger partial charge < -0.3 is 20.7 Å². The van der Waals surface area contributed by atoms with Crippen molar-refractivity contribution in [3.05, 3.63) is 0 Å². The van der Waals surface area contributed by atoms with Gasteiger partial charge in [-0.3, -0.25) is 9.59 Å². The molecule has 1 aliphatic heterocycles. The van der Waals surface area contributed by atoms with Gasteiger partial charge in [-0.1, -0.05) is 0 Å². The average Bonchev–Trinajstić information content (AvgIpc) is 2.27. The van der Waals surface area contributed by atoms with Crippen LogP contribution in [0.3, 0.4) is 0 Å². The summed E-state index contributed by atoms with van der Waals surface area (Å²) >= 11 is 0. The van der Waals surface area contributed by atoms with Gasteiger partial charge in [-0.2, -0.15) is 0 Å². The minimum Gasteiger partial charge on any atom is -0.378 e. The number of ether oxygens (including phenoxy) is 1. The fourth-order valence-corrected chi connectivity index (χ4v) is 1.28. The predicted molar refractivity (Wildman–Crippen MR) is 54.3 cm³/mol. The van der Waals surface area contributed by atoms with Crippen molar-refractivity contribution >= 4 is 11.8 Å². The van der Waals surface area contributed by atoms with Crippen LogP contribution in [0, 0.1) is 0 Å². The quantitative estimate of drug-likeness (QED) is 0.518. The first kappa shape index (κ1) is 11.9. The maximum absolute atomic E-state index is 11.5. The second-order valence-electron chi connectivity index (χ2n) is 3.25. The van der Waals surface area contributed by atoms with Gasteiger partial charge in [0.05, 0.1) is 19.8 Å². The normalized spacial score (nSPS) is 20.7. The Labute approximate surface area is 88.7 Å². The molecule has 0 aromatic rings. The monoisotopic (exact) mass is 215 g/mol. The molecule has 1 unspecified atom stereocenters. The second kappa shape index (κ2) is 6.36. The highest BCUT2D eigenvalue weighted by atomic mass is 16.5. The smallest absolute Gasteiger partial charge is 0.239 e. The van der Waals surface area contributed by atoms with Crippen molar-refractivity contribution in [2.45, 2.75) is 13.0 Å². The molecule has 0 radical (unpaired) electrons. The summed E-state index contributed by atoms with van der Waals surface area (Å²) in [6.07, 6.45) is 0. The van der Waals surface area contributed by atoms with Gasteiger partial charge in [0.25, 0.3) is 0 Å². The first-order valence-corrected chi connectivity index (χ1v) is 5.09. The van der Waals surface area contributed by atoms with Gasteiger partial charge in [0, 0.05) is 13.1 Å². The lowest BCUT2D eigenvalue weighted by atomic mass is 10.2. The third kappa shape index (κ3) is 4.26. The van der Waals surface area contributed by atoms with Gasteiger partial charge in [-0.15, -0.1) is 0 Å². The fourth-order valence-electron chi connectivity index (χ4n) is 1.28. The largest absolute Gasteiger partial charge is 0.378 e. The van der Waals surface area contributed by atoms with Crippen LogP contribution in [0.2, 0.25) is 0 Å². The number of hydrogen-bond donors (Lipinski definition) is 3. The molecule has 3 N–H and O–H groups in total. The van der Waals surface area contributed by atoms with Crippen molar-refractivity contribution < 1.29 is 14.3 Å². The zero-order valence-corrected chi connectivity index (χ0v) is 8.84. The molecule has 0 aliphatic carbocycles. The Morgan fingerprint density at radius 3 is 2.87 bits per heavy atom. The van der Waals surface area contributed by atoms with Crippen LogP contribution in [-0.2, 0) is 14.3 Å². The summed E-state index contributed by atoms with van der Waals surface area (Å²) in [6.45, 7) is 4.07. The molecule has 6 nitrogen and oxygen atoms in total. The molecule has 1 fully saturated rings. The fraction of sp³-hybridized carbons (Fsp3) is 0.778. The molecule has 1 rings (SSSR count). The van der Waals surface area contributed by atoms with E-state index in [1.807, 2.05) is 6.92 Å². The van der Waals surface area contributed by atoms with E-state index in [4.69, 9.17) is 4.74 Å². The lowest BCUT2D eigenvalue weighted by Gasteiger charge is -2.22. The molecule has 15 heavy (non-hydrogen) atoms. The van der Waals surface area contributed by atoms with Crippen molar-refractivity contribution in [2.75, 3.05) is 32.8 Å². The van der Waals surface area contributed by atoms with Crippen LogP contribution < -0.4 is 16.0 Å². The third-order valence-electron chi connectivity index (χ3n) is 2.04. The number of carbonyl (C=O) groups excluding carboxylic acids is 2. The molecular formula is C9H17N3O3. The highest BCUT2D eigenvalue weighted by Crippen LogP contribution is 1.92. The Balaban J connectivity index is 2.19. The average molecular weight is 215 g/mol. The van der Waals surface area contributed by atoms with Crippen LogP contribution >= 0.6 is 0 Å². The Morgan fingerprint density at radius 2 is 2.27 bits per heavy atom. The van der Waals surface area contributed by atoms with E-state index in [-0.39, 0.29) is 24.4 Å². The first-order valence-electron chi connectivity index (χ1n) is 5.09. The van der Waals surface area contributed by atoms with E-state index in [2.05, 4.69) is 16.0 Å². The summed E-state index contributed by atoms with van der Waals surface area (Å²) in [5.74, 6) is -0.372. The molecule has 6 heteroatoms. The summed E-state index contributed by atoms with van der Waals surface area (Å²) in [6, 6.07) is -0.340. The standard InChI is InChI=1S/C9H17N3O3/c1-2-10-8(13)5-12-9(14)7-6-15-4-3-11-7/h7,11H,2-6H2,1H3,(H,10,13)(H,12,14). The number of nitrogens with one attached hydrogen (secondary N) is 3. The van der Waals surface area contributed by atoms with E-state index in [1.165, 1.54) is 0 Å². The number of likely N-dealkylation sites (N-methyl/N-ethyl adjacent to an activating group) is 1. The Kier molecular flexibility index (Phi) is 5.06. The van der Waals surface area contributed by atoms with Crippen LogP contribution in [-0.4, -0.2) is 50.7 Å². The van der Waals surface area contributed by atoms with Gasteiger partial charge >= 0.3 is 0 Å². The third-order valence-corrected chi connectivity index (χ3v) is 2.04. The van der Waals surface area contributed by atoms with E-state index in [1.54, 1.807) is 0 Å². The maximum atomic E-state index is 11.5. The zero-order valence-electron chi connectivity index (χ0n) is 8.84. The minimum absolute atomic E-state index is 0.0187. The van der Waals surface area contributed by atoms with Gasteiger partial charge in [0.1, 0.15) is 6.04 Å². The summed E-state index contributed by atoms with van der Waals surface area (Å²) in [7, 11) is 0. The molecular weight excluding hydrogens is 198 g/mol. The molecule has 0 aromatic carbocycles. The molecule has 1 aliphatic rings. The predicted octanol–water partition coefficient (Wildman–Crippen LogP) is -1.77. The lowest BCUT2D eigenvalue weighted by molar-refractivity contribution is -0.129. The Bertz CT molecular complexity index is 227. The molecule has 0 aromatic heterocycles. The summed E-state index contributed by atoms with van der Waals surface area (Å²) in [5.41, 5.74) is 0. The molecule has 0 spiro atoms. The molecule has 0 bridgehead atoms. The zero-order chi connectivity index (χ0) is 11.1. The Hall–Kier alpha value is -1.14. The van der Waals surface area contributed by atoms with Gasteiger partial charge in [-0.25, -0.2) is 0 Å². The van der Waals surface area contributed by atoms with E-state index in [0.29, 0.717) is 26.3 Å². The molecule has 0 saturated carbocycles. The van der Waals surface area contributed by atoms with Crippen molar-refractivity contribution in [2.24, 2.45) is 0 Å². The first-order chi connectivity index (χ1) is 7.24. The van der Waals surface area contributed by atoms with Crippen LogP contribution in [0.15, 0.2) is 0 Å². The van der Waals surface area contributed by atoms with E-state index < -0.39 is 0 Å². The van der Waals surface area contributed by atoms with Crippen molar-refractivity contribution in [3.8, 4) is 0 Å². The second-order valence-corrected chi connectivity index (χ2v) is 3.25. The number of morpholine rings is 1. The van der Waals surface area contributed by atoms with Crippen LogP contribution in [0.25, 0.3) is 0 Å². The van der Waals surface area contributed by atoms with Crippen LogP contribution in [0.4, 0.5) is 0 Å². The number of carbonyl (C=O) groups is 2. The van der Waals surface area contributed by atoms with Crippen LogP contribution in [0.5, 0.6) is 0 Å². The summed E-state index contributed by atoms with van der Waals surface area (Å²) < 4.78 is 5.13. The van der Waals surface area contributed by atoms with Crippen LogP contribution in [0.1, 0.15) is 6.92 Å². The summed E-state index contributed by atoms with van der Waals surface area (Å²) in [4.78, 5) is 22.5. The van der Waals surface area contributed by atoms with Gasteiger partial charge in [0.2, 0.25) is 11.8 Å². The molecule has 1 saturated heterocycles. The number of rotatable bonds is 4. The van der Waals surface area contributed by atoms with E-state index >= 15 is 0 Å². The molecule has 1 atom stereocenters. The van der Waals surface area contributed by atoms with Crippen molar-refractivity contribution in [1.29, 1.82) is 0 Å². The Morgan fingerprint density at radius 1 is 1.47 bits per heavy atom. The highest BCUT2D eigenvalue weighted by molar-refractivity contribution is 5.87. The van der Waals surface area contributed by atoms with Crippen molar-refractivity contribution in [1.82, 2.24) is 16.0 Å². The van der Waals surface area contributed by atoms with E-state index in [9.17, 15) is 9.59 Å². The van der Waals surface area contributed by atoms with Crippen molar-refractivity contribution in [3.63, 3.8) is 0 Å². The highest BCUT2D eigenvalue weighted by Gasteiger charge is 2.20. The lowest BCUT2D eigenvalue weighted by Crippen LogP contribution is -2.52. The molecule has 86 valence electrons. The SMILES string of the molecule is CCNC(=O)CNC(=O)C1COCCN1. The molecule has 1 heterocycles. The van der Waals surface area contributed by atoms with Gasteiger partial charge in [-0.05, 0) is 6.92 Å². The molecule has 2 amide bonds. The number of amides is 2. The van der Waals surface area contributed by atoms with E-state index in [0.717, 1.165) is 0 Å².